The highest BCUT2D eigenvalue weighted by Crippen LogP contribution is 2.32. The van der Waals surface area contributed by atoms with Crippen LogP contribution in [0.2, 0.25) is 5.02 Å². The molecule has 0 bridgehead atoms. The monoisotopic (exact) mass is 455 g/mol. The summed E-state index contributed by atoms with van der Waals surface area (Å²) in [6, 6.07) is 12.4. The molecule has 31 heavy (non-hydrogen) atoms. The van der Waals surface area contributed by atoms with E-state index in [0.717, 1.165) is 21.6 Å². The highest BCUT2D eigenvalue weighted by Gasteiger charge is 2.26. The van der Waals surface area contributed by atoms with Crippen molar-refractivity contribution < 1.29 is 9.18 Å². The fourth-order valence-corrected chi connectivity index (χ4v) is 5.16. The summed E-state index contributed by atoms with van der Waals surface area (Å²) < 4.78 is 15.9. The van der Waals surface area contributed by atoms with E-state index in [9.17, 15) is 9.18 Å². The Morgan fingerprint density at radius 2 is 1.94 bits per heavy atom. The van der Waals surface area contributed by atoms with Crippen LogP contribution in [0.3, 0.4) is 0 Å². The van der Waals surface area contributed by atoms with Gasteiger partial charge in [-0.25, -0.2) is 14.1 Å². The lowest BCUT2D eigenvalue weighted by Gasteiger charge is -2.35. The average Bonchev–Trinajstić information content (AvgIpc) is 3.34. The number of carbonyl (C=O) groups is 1. The van der Waals surface area contributed by atoms with Crippen molar-refractivity contribution in [3.63, 3.8) is 0 Å². The van der Waals surface area contributed by atoms with Gasteiger partial charge in [-0.1, -0.05) is 17.7 Å². The summed E-state index contributed by atoms with van der Waals surface area (Å²) in [5.41, 5.74) is 1.72. The largest absolute Gasteiger partial charge is 0.351 e. The van der Waals surface area contributed by atoms with Gasteiger partial charge in [-0.3, -0.25) is 4.79 Å². The van der Waals surface area contributed by atoms with Crippen molar-refractivity contribution in [3.05, 3.63) is 70.1 Å². The van der Waals surface area contributed by atoms with Crippen LogP contribution in [0.4, 0.5) is 10.2 Å². The number of nitrogens with zero attached hydrogens (tertiary/aromatic N) is 5. The molecule has 5 rings (SSSR count). The zero-order valence-electron chi connectivity index (χ0n) is 16.8. The van der Waals surface area contributed by atoms with E-state index in [1.54, 1.807) is 12.3 Å². The van der Waals surface area contributed by atoms with Crippen LogP contribution in [0, 0.1) is 12.7 Å². The average molecular weight is 456 g/mol. The number of pyridine rings is 1. The summed E-state index contributed by atoms with van der Waals surface area (Å²) >= 11 is 7.57. The van der Waals surface area contributed by atoms with E-state index in [2.05, 4.69) is 10.1 Å². The van der Waals surface area contributed by atoms with Crippen molar-refractivity contribution in [2.45, 2.75) is 6.92 Å². The lowest BCUT2D eigenvalue weighted by atomic mass is 10.2. The summed E-state index contributed by atoms with van der Waals surface area (Å²) in [5.74, 6) is -0.0130. The van der Waals surface area contributed by atoms with Gasteiger partial charge in [0.1, 0.15) is 4.83 Å². The Kier molecular flexibility index (Phi) is 5.11. The molecule has 0 aliphatic carbocycles. The molecule has 0 spiro atoms. The number of hydrogen-bond donors (Lipinski definition) is 0. The number of anilines is 1. The SMILES string of the molecule is Cc1nn(-c2cccc(Cl)c2)c2sc(C(=O)N3CCN(c4ncccc4F)CC3)cc12. The van der Waals surface area contributed by atoms with Gasteiger partial charge < -0.3 is 9.80 Å². The predicted octanol–water partition coefficient (Wildman–Crippen LogP) is 4.55. The number of amides is 1. The van der Waals surface area contributed by atoms with Crippen molar-refractivity contribution in [3.8, 4) is 5.69 Å². The maximum Gasteiger partial charge on any atom is 0.264 e. The topological polar surface area (TPSA) is 54.3 Å². The Labute approximate surface area is 187 Å². The van der Waals surface area contributed by atoms with Gasteiger partial charge in [-0.05, 0) is 43.3 Å². The molecule has 1 aliphatic heterocycles. The van der Waals surface area contributed by atoms with E-state index in [4.69, 9.17) is 11.6 Å². The van der Waals surface area contributed by atoms with E-state index >= 15 is 0 Å². The number of fused-ring (bicyclic) bond motifs is 1. The smallest absolute Gasteiger partial charge is 0.264 e. The Morgan fingerprint density at radius 3 is 2.68 bits per heavy atom. The predicted molar refractivity (Wildman–Crippen MR) is 121 cm³/mol. The van der Waals surface area contributed by atoms with Crippen molar-refractivity contribution in [1.29, 1.82) is 0 Å². The molecule has 1 aromatic carbocycles. The van der Waals surface area contributed by atoms with Crippen LogP contribution in [0.25, 0.3) is 15.9 Å². The minimum atomic E-state index is -0.340. The molecule has 0 atom stereocenters. The Morgan fingerprint density at radius 1 is 1.13 bits per heavy atom. The Balaban J connectivity index is 1.37. The van der Waals surface area contributed by atoms with Gasteiger partial charge in [0.2, 0.25) is 0 Å². The van der Waals surface area contributed by atoms with Crippen LogP contribution in [-0.4, -0.2) is 51.8 Å². The van der Waals surface area contributed by atoms with Gasteiger partial charge in [-0.2, -0.15) is 5.10 Å². The molecule has 158 valence electrons. The molecule has 1 aliphatic rings. The first-order chi connectivity index (χ1) is 15.0. The minimum absolute atomic E-state index is 0.0145. The molecule has 1 fully saturated rings. The number of benzene rings is 1. The van der Waals surface area contributed by atoms with E-state index in [1.165, 1.54) is 17.4 Å². The Hall–Kier alpha value is -2.97. The molecule has 6 nitrogen and oxygen atoms in total. The van der Waals surface area contributed by atoms with E-state index in [1.807, 2.05) is 51.7 Å². The molecule has 3 aromatic heterocycles. The van der Waals surface area contributed by atoms with E-state index < -0.39 is 0 Å². The van der Waals surface area contributed by atoms with Gasteiger partial charge >= 0.3 is 0 Å². The maximum atomic E-state index is 14.0. The zero-order valence-corrected chi connectivity index (χ0v) is 18.3. The van der Waals surface area contributed by atoms with E-state index in [0.29, 0.717) is 41.9 Å². The summed E-state index contributed by atoms with van der Waals surface area (Å²) in [6.07, 6.45) is 1.58. The van der Waals surface area contributed by atoms with Crippen molar-refractivity contribution in [1.82, 2.24) is 19.7 Å². The number of aromatic nitrogens is 3. The third-order valence-corrected chi connectivity index (χ3v) is 6.75. The lowest BCUT2D eigenvalue weighted by Crippen LogP contribution is -2.49. The first kappa shape index (κ1) is 20.0. The van der Waals surface area contributed by atoms with Crippen LogP contribution < -0.4 is 4.90 Å². The zero-order chi connectivity index (χ0) is 21.5. The Bertz CT molecular complexity index is 1280. The molecular formula is C22H19ClFN5OS. The van der Waals surface area contributed by atoms with Crippen LogP contribution in [0.5, 0.6) is 0 Å². The van der Waals surface area contributed by atoms with Gasteiger partial charge in [0, 0.05) is 42.8 Å². The second-order valence-electron chi connectivity index (χ2n) is 7.39. The first-order valence-corrected chi connectivity index (χ1v) is 11.1. The second kappa shape index (κ2) is 7.94. The molecule has 4 aromatic rings. The fraction of sp³-hybridized carbons (Fsp3) is 0.227. The molecule has 4 heterocycles. The first-order valence-electron chi connectivity index (χ1n) is 9.91. The highest BCUT2D eigenvalue weighted by atomic mass is 35.5. The number of hydrogen-bond acceptors (Lipinski definition) is 5. The lowest BCUT2D eigenvalue weighted by molar-refractivity contribution is 0.0751. The van der Waals surface area contributed by atoms with Crippen LogP contribution in [0.15, 0.2) is 48.7 Å². The van der Waals surface area contributed by atoms with Crippen LogP contribution >= 0.6 is 22.9 Å². The third kappa shape index (κ3) is 3.66. The number of aryl methyl sites for hydroxylation is 1. The molecule has 0 saturated carbocycles. The summed E-state index contributed by atoms with van der Waals surface area (Å²) in [7, 11) is 0. The molecule has 1 saturated heterocycles. The van der Waals surface area contributed by atoms with Gasteiger partial charge in [-0.15, -0.1) is 11.3 Å². The van der Waals surface area contributed by atoms with Gasteiger partial charge in [0.15, 0.2) is 11.6 Å². The van der Waals surface area contributed by atoms with Crippen molar-refractivity contribution >= 4 is 44.9 Å². The van der Waals surface area contributed by atoms with Crippen LogP contribution in [-0.2, 0) is 0 Å². The standard InChI is InChI=1S/C22H19ClFN5OS/c1-14-17-13-19(31-22(17)29(26-14)16-5-2-4-15(23)12-16)21(30)28-10-8-27(9-11-28)20-18(24)6-3-7-25-20/h2-7,12-13H,8-11H2,1H3. The van der Waals surface area contributed by atoms with Crippen molar-refractivity contribution in [2.24, 2.45) is 0 Å². The van der Waals surface area contributed by atoms with Gasteiger partial charge in [0.05, 0.1) is 16.3 Å². The molecule has 9 heteroatoms. The fourth-order valence-electron chi connectivity index (χ4n) is 3.82. The number of thiophene rings is 1. The highest BCUT2D eigenvalue weighted by molar-refractivity contribution is 7.20. The summed E-state index contributed by atoms with van der Waals surface area (Å²) in [5, 5.41) is 6.21. The number of carbonyl (C=O) groups excluding carboxylic acids is 1. The van der Waals surface area contributed by atoms with Gasteiger partial charge in [0.25, 0.3) is 5.91 Å². The normalized spacial score (nSPS) is 14.4. The number of rotatable bonds is 3. The van der Waals surface area contributed by atoms with E-state index in [-0.39, 0.29) is 11.7 Å². The number of halogens is 2. The maximum absolute atomic E-state index is 14.0. The number of piperazine rings is 1. The summed E-state index contributed by atoms with van der Waals surface area (Å²) in [4.78, 5) is 22.6. The van der Waals surface area contributed by atoms with Crippen LogP contribution in [0.1, 0.15) is 15.4 Å². The van der Waals surface area contributed by atoms with Crippen molar-refractivity contribution in [2.75, 3.05) is 31.1 Å². The summed E-state index contributed by atoms with van der Waals surface area (Å²) in [6.45, 7) is 4.05. The molecule has 0 N–H and O–H groups in total. The quantitative estimate of drug-likeness (QED) is 0.455. The molecular weight excluding hydrogens is 437 g/mol. The molecule has 1 amide bonds. The minimum Gasteiger partial charge on any atom is -0.351 e. The second-order valence-corrected chi connectivity index (χ2v) is 8.86. The third-order valence-electron chi connectivity index (χ3n) is 5.41. The molecule has 0 unspecified atom stereocenters. The molecule has 0 radical (unpaired) electrons.